The fourth-order valence-corrected chi connectivity index (χ4v) is 3.78. The second-order valence-corrected chi connectivity index (χ2v) is 6.68. The van der Waals surface area contributed by atoms with Crippen molar-refractivity contribution < 1.29 is 9.53 Å². The lowest BCUT2D eigenvalue weighted by molar-refractivity contribution is -0.115. The number of ether oxygens (including phenoxy) is 1. The molecule has 4 heteroatoms. The Kier molecular flexibility index (Phi) is 5.34. The first-order chi connectivity index (χ1) is 11.2. The number of allylic oxidation sites excluding steroid dienone is 6. The number of piperazine rings is 1. The molecule has 2 heterocycles. The second kappa shape index (κ2) is 7.45. The number of carbonyl (C=O) groups is 1. The van der Waals surface area contributed by atoms with Crippen molar-refractivity contribution in [2.45, 2.75) is 39.2 Å². The van der Waals surface area contributed by atoms with E-state index in [1.165, 1.54) is 5.70 Å². The molecule has 2 fully saturated rings. The number of Topliss-reactive ketones (excluding diaryl/α,β-unsaturated/α-hetero) is 1. The van der Waals surface area contributed by atoms with Gasteiger partial charge in [0.2, 0.25) is 0 Å². The minimum Gasteiger partial charge on any atom is -0.381 e. The average molecular weight is 316 g/mol. The summed E-state index contributed by atoms with van der Waals surface area (Å²) >= 11 is 0. The molecule has 0 aromatic carbocycles. The van der Waals surface area contributed by atoms with E-state index in [2.05, 4.69) is 15.9 Å². The van der Waals surface area contributed by atoms with Crippen LogP contribution in [0, 0.1) is 0 Å². The van der Waals surface area contributed by atoms with Gasteiger partial charge in [-0.1, -0.05) is 12.2 Å². The molecule has 0 aromatic rings. The summed E-state index contributed by atoms with van der Waals surface area (Å²) in [6.45, 7) is 9.99. The van der Waals surface area contributed by atoms with E-state index in [0.717, 1.165) is 63.4 Å². The van der Waals surface area contributed by atoms with Gasteiger partial charge in [-0.25, -0.2) is 0 Å². The zero-order chi connectivity index (χ0) is 16.2. The quantitative estimate of drug-likeness (QED) is 0.801. The van der Waals surface area contributed by atoms with Crippen molar-refractivity contribution in [3.63, 3.8) is 0 Å². The molecule has 0 radical (unpaired) electrons. The van der Waals surface area contributed by atoms with Crippen molar-refractivity contribution >= 4 is 5.78 Å². The van der Waals surface area contributed by atoms with Crippen LogP contribution in [-0.4, -0.2) is 61.0 Å². The summed E-state index contributed by atoms with van der Waals surface area (Å²) in [5.74, 6) is 0.266. The number of nitrogens with zero attached hydrogens (tertiary/aromatic N) is 2. The Bertz CT molecular complexity index is 534. The van der Waals surface area contributed by atoms with E-state index >= 15 is 0 Å². The normalized spacial score (nSPS) is 25.4. The Labute approximate surface area is 139 Å². The summed E-state index contributed by atoms with van der Waals surface area (Å²) in [6.07, 6.45) is 9.15. The highest BCUT2D eigenvalue weighted by Gasteiger charge is 2.28. The van der Waals surface area contributed by atoms with E-state index in [9.17, 15) is 4.79 Å². The van der Waals surface area contributed by atoms with E-state index in [-0.39, 0.29) is 5.78 Å². The van der Waals surface area contributed by atoms with Crippen LogP contribution in [0.25, 0.3) is 0 Å². The smallest absolute Gasteiger partial charge is 0.165 e. The van der Waals surface area contributed by atoms with Crippen LogP contribution in [0.3, 0.4) is 0 Å². The lowest BCUT2D eigenvalue weighted by atomic mass is 9.94. The molecule has 0 aromatic heterocycles. The van der Waals surface area contributed by atoms with Crippen molar-refractivity contribution in [3.05, 3.63) is 35.1 Å². The van der Waals surface area contributed by atoms with Gasteiger partial charge in [-0.3, -0.25) is 9.69 Å². The molecule has 0 atom stereocenters. The first-order valence-corrected chi connectivity index (χ1v) is 8.83. The van der Waals surface area contributed by atoms with Gasteiger partial charge >= 0.3 is 0 Å². The van der Waals surface area contributed by atoms with Crippen LogP contribution in [0.1, 0.15) is 33.1 Å². The summed E-state index contributed by atoms with van der Waals surface area (Å²) < 4.78 is 5.47. The van der Waals surface area contributed by atoms with Gasteiger partial charge in [0.25, 0.3) is 0 Å². The topological polar surface area (TPSA) is 32.8 Å². The Morgan fingerprint density at radius 1 is 1.17 bits per heavy atom. The number of carbonyl (C=O) groups excluding carboxylic acids is 1. The molecule has 4 nitrogen and oxygen atoms in total. The van der Waals surface area contributed by atoms with Gasteiger partial charge in [0.05, 0.1) is 6.42 Å². The van der Waals surface area contributed by atoms with E-state index in [1.54, 1.807) is 0 Å². The second-order valence-electron chi connectivity index (χ2n) is 6.68. The molecule has 0 unspecified atom stereocenters. The number of hydrogen-bond acceptors (Lipinski definition) is 4. The maximum Gasteiger partial charge on any atom is 0.165 e. The number of hydrogen-bond donors (Lipinski definition) is 0. The summed E-state index contributed by atoms with van der Waals surface area (Å²) in [6, 6.07) is 0.689. The van der Waals surface area contributed by atoms with Gasteiger partial charge in [-0.05, 0) is 43.9 Å². The van der Waals surface area contributed by atoms with Crippen LogP contribution in [-0.2, 0) is 9.53 Å². The molecule has 1 aliphatic carbocycles. The molecule has 126 valence electrons. The zero-order valence-electron chi connectivity index (χ0n) is 14.4. The van der Waals surface area contributed by atoms with Crippen LogP contribution in [0.4, 0.5) is 0 Å². The van der Waals surface area contributed by atoms with Crippen LogP contribution in [0.2, 0.25) is 0 Å². The molecular formula is C19H28N2O2. The molecule has 2 saturated heterocycles. The third kappa shape index (κ3) is 3.75. The van der Waals surface area contributed by atoms with Gasteiger partial charge in [0.15, 0.2) is 5.78 Å². The molecule has 0 saturated carbocycles. The lowest BCUT2D eigenvalue weighted by Crippen LogP contribution is -2.51. The summed E-state index contributed by atoms with van der Waals surface area (Å²) in [7, 11) is 0. The third-order valence-electron chi connectivity index (χ3n) is 5.29. The van der Waals surface area contributed by atoms with Gasteiger partial charge in [0.1, 0.15) is 0 Å². The molecule has 23 heavy (non-hydrogen) atoms. The molecular weight excluding hydrogens is 288 g/mol. The monoisotopic (exact) mass is 316 g/mol. The Morgan fingerprint density at radius 3 is 2.52 bits per heavy atom. The van der Waals surface area contributed by atoms with Gasteiger partial charge < -0.3 is 9.64 Å². The maximum atomic E-state index is 12.3. The number of ketones is 1. The van der Waals surface area contributed by atoms with Crippen LogP contribution in [0.15, 0.2) is 35.1 Å². The highest BCUT2D eigenvalue weighted by atomic mass is 16.5. The Morgan fingerprint density at radius 2 is 1.87 bits per heavy atom. The van der Waals surface area contributed by atoms with Crippen molar-refractivity contribution in [3.8, 4) is 0 Å². The zero-order valence-corrected chi connectivity index (χ0v) is 14.4. The summed E-state index contributed by atoms with van der Waals surface area (Å²) in [5.41, 5.74) is 3.17. The Balaban J connectivity index is 1.63. The minimum absolute atomic E-state index is 0.266. The third-order valence-corrected chi connectivity index (χ3v) is 5.29. The first kappa shape index (κ1) is 16.5. The molecule has 0 amide bonds. The highest BCUT2D eigenvalue weighted by molar-refractivity contribution is 5.99. The van der Waals surface area contributed by atoms with E-state index in [1.807, 2.05) is 26.0 Å². The summed E-state index contributed by atoms with van der Waals surface area (Å²) in [5, 5.41) is 0. The van der Waals surface area contributed by atoms with E-state index < -0.39 is 0 Å². The van der Waals surface area contributed by atoms with E-state index in [0.29, 0.717) is 12.5 Å². The molecule has 0 bridgehead atoms. The Hall–Kier alpha value is -1.39. The van der Waals surface area contributed by atoms with Gasteiger partial charge in [0, 0.05) is 51.1 Å². The molecule has 0 N–H and O–H groups in total. The largest absolute Gasteiger partial charge is 0.381 e. The van der Waals surface area contributed by atoms with Crippen molar-refractivity contribution in [1.82, 2.24) is 9.80 Å². The van der Waals surface area contributed by atoms with E-state index in [4.69, 9.17) is 4.74 Å². The van der Waals surface area contributed by atoms with Crippen LogP contribution < -0.4 is 0 Å². The number of rotatable bonds is 3. The molecule has 3 aliphatic rings. The SMILES string of the molecule is C/C=C\C1=C(C)C(=O)CC(N2CCN(C3CCOCC3)CC2)=C1. The van der Waals surface area contributed by atoms with Crippen LogP contribution >= 0.6 is 0 Å². The first-order valence-electron chi connectivity index (χ1n) is 8.83. The summed E-state index contributed by atoms with van der Waals surface area (Å²) in [4.78, 5) is 17.3. The van der Waals surface area contributed by atoms with Crippen LogP contribution in [0.5, 0.6) is 0 Å². The molecule has 3 rings (SSSR count). The minimum atomic E-state index is 0.266. The maximum absolute atomic E-state index is 12.3. The van der Waals surface area contributed by atoms with Crippen molar-refractivity contribution in [1.29, 1.82) is 0 Å². The van der Waals surface area contributed by atoms with Crippen molar-refractivity contribution in [2.75, 3.05) is 39.4 Å². The predicted molar refractivity (Wildman–Crippen MR) is 92.2 cm³/mol. The lowest BCUT2D eigenvalue weighted by Gasteiger charge is -2.42. The standard InChI is InChI=1S/C19H28N2O2/c1-3-4-16-13-18(14-19(22)15(16)2)21-9-7-20(8-10-21)17-5-11-23-12-6-17/h3-4,13,17H,5-12,14H2,1-2H3/b4-3-. The predicted octanol–water partition coefficient (Wildman–Crippen LogP) is 2.53. The van der Waals surface area contributed by atoms with Crippen molar-refractivity contribution in [2.24, 2.45) is 0 Å². The fraction of sp³-hybridized carbons (Fsp3) is 0.632. The highest BCUT2D eigenvalue weighted by Crippen LogP contribution is 2.26. The van der Waals surface area contributed by atoms with Gasteiger partial charge in [-0.15, -0.1) is 0 Å². The average Bonchev–Trinajstić information content (AvgIpc) is 2.60. The molecule has 2 aliphatic heterocycles. The fourth-order valence-electron chi connectivity index (χ4n) is 3.78. The van der Waals surface area contributed by atoms with Gasteiger partial charge in [-0.2, -0.15) is 0 Å². The molecule has 0 spiro atoms.